The van der Waals surface area contributed by atoms with Crippen molar-refractivity contribution in [2.24, 2.45) is 0 Å². The number of hydrogen-bond acceptors (Lipinski definition) is 7. The molecule has 31 heavy (non-hydrogen) atoms. The van der Waals surface area contributed by atoms with Crippen molar-refractivity contribution in [1.82, 2.24) is 25.0 Å². The average Bonchev–Trinajstić information content (AvgIpc) is 3.26. The van der Waals surface area contributed by atoms with E-state index in [4.69, 9.17) is 25.7 Å². The van der Waals surface area contributed by atoms with E-state index in [0.29, 0.717) is 36.1 Å². The second-order valence-corrected chi connectivity index (χ2v) is 7.37. The molecule has 0 aliphatic heterocycles. The molecule has 2 N–H and O–H groups in total. The zero-order chi connectivity index (χ0) is 24.8. The van der Waals surface area contributed by atoms with Gasteiger partial charge < -0.3 is 4.74 Å². The van der Waals surface area contributed by atoms with E-state index in [-0.39, 0.29) is 22.2 Å². The van der Waals surface area contributed by atoms with Gasteiger partial charge in [-0.15, -0.1) is 10.2 Å². The number of aromatic nitrogens is 5. The van der Waals surface area contributed by atoms with Crippen LogP contribution in [0.1, 0.15) is 52.6 Å². The van der Waals surface area contributed by atoms with Crippen LogP contribution >= 0.6 is 11.6 Å². The van der Waals surface area contributed by atoms with Gasteiger partial charge in [0.05, 0.1) is 10.7 Å². The van der Waals surface area contributed by atoms with Gasteiger partial charge in [-0.2, -0.15) is 9.94 Å². The van der Waals surface area contributed by atoms with Gasteiger partial charge in [0, 0.05) is 21.3 Å². The summed E-state index contributed by atoms with van der Waals surface area (Å²) in [6.07, 6.45) is 1.81. The lowest BCUT2D eigenvalue weighted by atomic mass is 10.1. The molecule has 2 aromatic heterocycles. The molecular weight excluding hydrogens is 424 g/mol. The second kappa shape index (κ2) is 7.85. The van der Waals surface area contributed by atoms with Gasteiger partial charge in [0.15, 0.2) is 5.75 Å². The number of aromatic amines is 2. The maximum atomic E-state index is 12.4. The van der Waals surface area contributed by atoms with Gasteiger partial charge in [-0.05, 0) is 36.8 Å². The third-order valence-corrected chi connectivity index (χ3v) is 5.21. The number of nitrogens with one attached hydrogen (secondary N) is 2. The summed E-state index contributed by atoms with van der Waals surface area (Å²) in [5.74, 6) is -0.874. The van der Waals surface area contributed by atoms with E-state index in [1.807, 2.05) is 0 Å². The highest BCUT2D eigenvalue weighted by Gasteiger charge is 2.26. The van der Waals surface area contributed by atoms with E-state index in [0.717, 1.165) is 4.68 Å². The number of halogens is 1. The van der Waals surface area contributed by atoms with Crippen molar-refractivity contribution in [3.05, 3.63) is 70.7 Å². The van der Waals surface area contributed by atoms with Crippen LogP contribution in [0.15, 0.2) is 26.5 Å². The van der Waals surface area contributed by atoms with Gasteiger partial charge in [0.1, 0.15) is 6.07 Å². The molecule has 0 saturated carbocycles. The van der Waals surface area contributed by atoms with Gasteiger partial charge >= 0.3 is 5.69 Å². The van der Waals surface area contributed by atoms with E-state index in [1.165, 1.54) is 19.1 Å². The monoisotopic (exact) mass is 443 g/mol. The molecule has 1 aliphatic carbocycles. The molecule has 0 saturated heterocycles. The Morgan fingerprint density at radius 3 is 2.81 bits per heavy atom. The van der Waals surface area contributed by atoms with Crippen molar-refractivity contribution in [2.45, 2.75) is 39.0 Å². The van der Waals surface area contributed by atoms with Crippen molar-refractivity contribution in [2.75, 3.05) is 0 Å². The minimum absolute atomic E-state index is 0.0117. The zero-order valence-electron chi connectivity index (χ0n) is 19.2. The van der Waals surface area contributed by atoms with Crippen LogP contribution in [0, 0.1) is 11.3 Å². The summed E-state index contributed by atoms with van der Waals surface area (Å²) in [6.45, 7) is -0.989. The largest absolute Gasteiger partial charge is 0.436 e. The van der Waals surface area contributed by atoms with E-state index in [2.05, 4.69) is 20.3 Å². The SMILES string of the molecule is [2H]C([2H])([2H])C(C)c1cc(Oc2c(Cl)cc(-n3nc(C#N)c(=O)[nH]c3=O)c3c2CCC3)n[nH]c1=O. The van der Waals surface area contributed by atoms with Crippen LogP contribution in [0.4, 0.5) is 0 Å². The fourth-order valence-corrected chi connectivity index (χ4v) is 3.77. The van der Waals surface area contributed by atoms with Gasteiger partial charge in [-0.1, -0.05) is 25.4 Å². The maximum Gasteiger partial charge on any atom is 0.349 e. The van der Waals surface area contributed by atoms with Crippen molar-refractivity contribution in [3.63, 3.8) is 0 Å². The number of hydrogen-bond donors (Lipinski definition) is 2. The molecule has 0 fully saturated rings. The minimum atomic E-state index is -2.40. The molecule has 0 amide bonds. The Morgan fingerprint density at radius 2 is 2.06 bits per heavy atom. The summed E-state index contributed by atoms with van der Waals surface area (Å²) in [4.78, 5) is 38.3. The highest BCUT2D eigenvalue weighted by molar-refractivity contribution is 6.32. The molecule has 1 atom stereocenters. The van der Waals surface area contributed by atoms with Gasteiger partial charge in [-0.25, -0.2) is 9.89 Å². The molecule has 0 spiro atoms. The highest BCUT2D eigenvalue weighted by Crippen LogP contribution is 2.41. The van der Waals surface area contributed by atoms with Gasteiger partial charge in [0.25, 0.3) is 11.1 Å². The third-order valence-electron chi connectivity index (χ3n) is 4.93. The molecule has 4 rings (SSSR count). The topological polar surface area (TPSA) is 147 Å². The van der Waals surface area contributed by atoms with Crippen LogP contribution in [0.3, 0.4) is 0 Å². The summed E-state index contributed by atoms with van der Waals surface area (Å²) >= 11 is 6.48. The van der Waals surface area contributed by atoms with Crippen LogP contribution < -0.4 is 21.5 Å². The molecular formula is C20H17ClN6O4. The summed E-state index contributed by atoms with van der Waals surface area (Å²) in [5.41, 5.74) is -1.19. The highest BCUT2D eigenvalue weighted by atomic mass is 35.5. The van der Waals surface area contributed by atoms with Crippen LogP contribution in [0.5, 0.6) is 11.6 Å². The van der Waals surface area contributed by atoms with E-state index in [9.17, 15) is 14.4 Å². The van der Waals surface area contributed by atoms with E-state index < -0.39 is 35.3 Å². The summed E-state index contributed by atoms with van der Waals surface area (Å²) in [6, 6.07) is 4.32. The first kappa shape index (κ1) is 17.0. The molecule has 1 aromatic carbocycles. The second-order valence-electron chi connectivity index (χ2n) is 6.96. The Bertz CT molecular complexity index is 1520. The summed E-state index contributed by atoms with van der Waals surface area (Å²) < 4.78 is 29.5. The molecule has 10 nitrogen and oxygen atoms in total. The number of nitriles is 1. The molecule has 0 radical (unpaired) electrons. The molecule has 11 heteroatoms. The molecule has 1 aliphatic rings. The zero-order valence-corrected chi connectivity index (χ0v) is 16.9. The van der Waals surface area contributed by atoms with Crippen LogP contribution in [0.25, 0.3) is 5.69 Å². The molecule has 2 heterocycles. The maximum absolute atomic E-state index is 12.4. The van der Waals surface area contributed by atoms with Gasteiger partial charge in [-0.3, -0.25) is 14.6 Å². The van der Waals surface area contributed by atoms with Crippen LogP contribution in [-0.2, 0) is 12.8 Å². The quantitative estimate of drug-likeness (QED) is 0.626. The minimum Gasteiger partial charge on any atom is -0.436 e. The molecule has 3 aromatic rings. The number of fused-ring (bicyclic) bond motifs is 1. The molecule has 1 unspecified atom stereocenters. The lowest BCUT2D eigenvalue weighted by Gasteiger charge is -2.16. The van der Waals surface area contributed by atoms with Crippen molar-refractivity contribution in [1.29, 1.82) is 5.26 Å². The number of ether oxygens (including phenoxy) is 1. The summed E-state index contributed by atoms with van der Waals surface area (Å²) in [5, 5.41) is 19.1. The predicted molar refractivity (Wildman–Crippen MR) is 111 cm³/mol. The van der Waals surface area contributed by atoms with Gasteiger partial charge in [0.2, 0.25) is 11.6 Å². The lowest BCUT2D eigenvalue weighted by Crippen LogP contribution is -2.33. The number of rotatable bonds is 4. The lowest BCUT2D eigenvalue weighted by molar-refractivity contribution is 0.447. The van der Waals surface area contributed by atoms with E-state index >= 15 is 0 Å². The Hall–Kier alpha value is -3.71. The third kappa shape index (κ3) is 3.64. The molecule has 158 valence electrons. The molecule has 0 bridgehead atoms. The number of H-pyrrole nitrogens is 2. The van der Waals surface area contributed by atoms with Crippen molar-refractivity contribution >= 4 is 11.6 Å². The smallest absolute Gasteiger partial charge is 0.349 e. The Balaban J connectivity index is 1.81. The number of nitrogens with zero attached hydrogens (tertiary/aromatic N) is 4. The average molecular weight is 444 g/mol. The van der Waals surface area contributed by atoms with E-state index in [1.54, 1.807) is 6.07 Å². The van der Waals surface area contributed by atoms with Crippen LogP contribution in [0.2, 0.25) is 5.02 Å². The van der Waals surface area contributed by atoms with Crippen LogP contribution in [-0.4, -0.2) is 25.0 Å². The predicted octanol–water partition coefficient (Wildman–Crippen LogP) is 1.93. The number of benzene rings is 1. The Kier molecular flexibility index (Phi) is 4.31. The fourth-order valence-electron chi connectivity index (χ4n) is 3.51. The Labute approximate surface area is 184 Å². The first-order valence-electron chi connectivity index (χ1n) is 10.8. The van der Waals surface area contributed by atoms with Crippen molar-refractivity contribution in [3.8, 4) is 23.4 Å². The first-order chi connectivity index (χ1) is 16.0. The summed E-state index contributed by atoms with van der Waals surface area (Å²) in [7, 11) is 0. The standard InChI is InChI=1S/C20H17ClN6O4/c1-9(2)12-6-16(24-25-18(12)28)31-17-11-5-3-4-10(11)15(7-13(17)21)27-20(30)23-19(29)14(8-22)26-27/h6-7,9H,3-5H2,1-2H3,(H,25,28)(H,23,29,30)/i1D3. The normalized spacial score (nSPS) is 15.3. The van der Waals surface area contributed by atoms with Crippen molar-refractivity contribution < 1.29 is 8.85 Å². The Morgan fingerprint density at radius 1 is 1.29 bits per heavy atom. The first-order valence-corrected chi connectivity index (χ1v) is 9.65. The fraction of sp³-hybridized carbons (Fsp3) is 0.300.